The van der Waals surface area contributed by atoms with Gasteiger partial charge in [-0.3, -0.25) is 15.0 Å². The largest absolute Gasteiger partial charge is 1.00 e. The van der Waals surface area contributed by atoms with Gasteiger partial charge in [-0.25, -0.2) is 5.01 Å². The van der Waals surface area contributed by atoms with Crippen LogP contribution in [0.3, 0.4) is 0 Å². The molecule has 1 N–H and O–H groups in total. The molecule has 1 heterocycles. The first-order valence-corrected chi connectivity index (χ1v) is 7.76. The normalized spacial score (nSPS) is 15.0. The van der Waals surface area contributed by atoms with E-state index >= 15 is 0 Å². The smallest absolute Gasteiger partial charge is 0.877 e. The second-order valence-electron chi connectivity index (χ2n) is 5.84. The third kappa shape index (κ3) is 4.09. The van der Waals surface area contributed by atoms with E-state index in [9.17, 15) is 14.7 Å². The summed E-state index contributed by atoms with van der Waals surface area (Å²) < 4.78 is 5.82. The van der Waals surface area contributed by atoms with Crippen molar-refractivity contribution >= 4 is 17.5 Å². The zero-order chi connectivity index (χ0) is 18.0. The molecule has 0 spiro atoms. The summed E-state index contributed by atoms with van der Waals surface area (Å²) >= 11 is 0. The van der Waals surface area contributed by atoms with Gasteiger partial charge in [0, 0.05) is 0 Å². The molecule has 1 aliphatic rings. The number of hydrogen-bond donors (Lipinski definition) is 1. The molecule has 2 aromatic carbocycles. The van der Waals surface area contributed by atoms with Crippen LogP contribution < -0.4 is 49.8 Å². The molecule has 6 nitrogen and oxygen atoms in total. The molecule has 128 valence electrons. The van der Waals surface area contributed by atoms with Gasteiger partial charge in [0.25, 0.3) is 11.8 Å². The average Bonchev–Trinajstić information content (AvgIpc) is 2.88. The maximum absolute atomic E-state index is 12.0. The number of rotatable bonds is 4. The fraction of sp³-hybridized carbons (Fsp3) is 0.158. The van der Waals surface area contributed by atoms with Crippen molar-refractivity contribution in [1.29, 1.82) is 0 Å². The third-order valence-corrected chi connectivity index (χ3v) is 3.93. The van der Waals surface area contributed by atoms with Crippen molar-refractivity contribution in [3.8, 4) is 5.75 Å². The van der Waals surface area contributed by atoms with Crippen molar-refractivity contribution in [3.63, 3.8) is 0 Å². The fourth-order valence-corrected chi connectivity index (χ4v) is 2.58. The van der Waals surface area contributed by atoms with Crippen LogP contribution in [0.5, 0.6) is 5.75 Å². The molecule has 3 rings (SSSR count). The van der Waals surface area contributed by atoms with Crippen molar-refractivity contribution in [3.05, 3.63) is 71.0 Å². The van der Waals surface area contributed by atoms with Crippen molar-refractivity contribution < 1.29 is 49.0 Å². The summed E-state index contributed by atoms with van der Waals surface area (Å²) in [4.78, 5) is 23.5. The van der Waals surface area contributed by atoms with E-state index in [1.807, 2.05) is 26.0 Å². The van der Waals surface area contributed by atoms with Crippen molar-refractivity contribution in [2.45, 2.75) is 20.5 Å². The molecule has 0 radical (unpaired) electrons. The van der Waals surface area contributed by atoms with Crippen LogP contribution in [0, 0.1) is 13.8 Å². The Kier molecular flexibility index (Phi) is 6.47. The Bertz CT molecular complexity index is 862. The average molecular weight is 360 g/mol. The van der Waals surface area contributed by atoms with E-state index in [1.165, 1.54) is 5.56 Å². The first-order chi connectivity index (χ1) is 12.0. The molecule has 26 heavy (non-hydrogen) atoms. The maximum atomic E-state index is 12.0. The van der Waals surface area contributed by atoms with Crippen LogP contribution in [0.25, 0.3) is 0 Å². The second-order valence-corrected chi connectivity index (χ2v) is 5.84. The van der Waals surface area contributed by atoms with Gasteiger partial charge in [0.2, 0.25) is 0 Å². The van der Waals surface area contributed by atoms with Crippen LogP contribution in [0.15, 0.2) is 54.3 Å². The van der Waals surface area contributed by atoms with E-state index < -0.39 is 17.4 Å². The summed E-state index contributed by atoms with van der Waals surface area (Å²) in [6, 6.07) is 13.0. The molecule has 2 amide bonds. The molecule has 0 saturated carbocycles. The number of hydrogen-bond acceptors (Lipinski definition) is 4. The molecule has 0 bridgehead atoms. The van der Waals surface area contributed by atoms with Crippen molar-refractivity contribution in [1.82, 2.24) is 5.43 Å². The monoisotopic (exact) mass is 360 g/mol. The third-order valence-electron chi connectivity index (χ3n) is 3.93. The van der Waals surface area contributed by atoms with Gasteiger partial charge in [-0.1, -0.05) is 29.8 Å². The Balaban J connectivity index is 0.00000243. The first kappa shape index (κ1) is 20.0. The summed E-state index contributed by atoms with van der Waals surface area (Å²) in [6.45, 7) is 4.41. The number of aryl methyl sites for hydroxylation is 2. The van der Waals surface area contributed by atoms with Crippen molar-refractivity contribution in [2.75, 3.05) is 5.01 Å². The molecule has 7 heteroatoms. The zero-order valence-corrected chi connectivity index (χ0v) is 16.9. The summed E-state index contributed by atoms with van der Waals surface area (Å²) in [5.74, 6) is -0.525. The van der Waals surface area contributed by atoms with Gasteiger partial charge >= 0.3 is 29.6 Å². The Labute approximate surface area is 173 Å². The van der Waals surface area contributed by atoms with Crippen LogP contribution in [0.1, 0.15) is 16.7 Å². The van der Waals surface area contributed by atoms with E-state index in [4.69, 9.17) is 4.74 Å². The predicted octanol–water partition coefficient (Wildman–Crippen LogP) is -1.49. The van der Waals surface area contributed by atoms with E-state index in [2.05, 4.69) is 11.5 Å². The van der Waals surface area contributed by atoms with Gasteiger partial charge in [-0.2, -0.15) is 0 Å². The molecule has 0 aliphatic carbocycles. The number of ether oxygens (including phenoxy) is 1. The Morgan fingerprint density at radius 2 is 1.81 bits per heavy atom. The summed E-state index contributed by atoms with van der Waals surface area (Å²) in [6.07, 6.45) is 0.268. The molecule has 1 saturated heterocycles. The number of nitrogens with one attached hydrogen (secondary N) is 1. The molecular weight excluding hydrogens is 343 g/mol. The van der Waals surface area contributed by atoms with Crippen LogP contribution in [0.2, 0.25) is 0 Å². The van der Waals surface area contributed by atoms with Gasteiger partial charge in [0.05, 0.1) is 11.3 Å². The summed E-state index contributed by atoms with van der Waals surface area (Å²) in [7, 11) is 0. The molecular formula is C19H17N2NaO4. The minimum atomic E-state index is -0.692. The van der Waals surface area contributed by atoms with E-state index in [0.29, 0.717) is 12.3 Å². The first-order valence-electron chi connectivity index (χ1n) is 7.76. The standard InChI is InChI=1S/C19H18N2O4.Na/c1-12-3-8-17(13(2)9-12)25-11-14-4-6-15(7-5-14)21-19(24)16(10-22)18(23)20-21;/h3-10,22H,11H2,1-2H3,(H,20,23);/q;+1/p-1/b16-10+;. The number of carbonyl (C=O) groups excluding carboxylic acids is 2. The second kappa shape index (κ2) is 8.40. The molecule has 1 aliphatic heterocycles. The number of nitrogens with zero attached hydrogens (tertiary/aromatic N) is 1. The number of anilines is 1. The minimum Gasteiger partial charge on any atom is -0.877 e. The minimum absolute atomic E-state index is 0. The molecule has 0 aromatic heterocycles. The van der Waals surface area contributed by atoms with Crippen LogP contribution in [-0.4, -0.2) is 11.8 Å². The summed E-state index contributed by atoms with van der Waals surface area (Å²) in [5.41, 5.74) is 5.60. The van der Waals surface area contributed by atoms with Gasteiger partial charge < -0.3 is 9.84 Å². The van der Waals surface area contributed by atoms with Crippen LogP contribution in [-0.2, 0) is 16.2 Å². The molecule has 0 unspecified atom stereocenters. The number of amides is 2. The van der Waals surface area contributed by atoms with Crippen LogP contribution in [0.4, 0.5) is 5.69 Å². The van der Waals surface area contributed by atoms with Gasteiger partial charge in [-0.15, -0.1) is 6.26 Å². The number of benzene rings is 2. The predicted molar refractivity (Wildman–Crippen MR) is 90.4 cm³/mol. The van der Waals surface area contributed by atoms with Gasteiger partial charge in [0.1, 0.15) is 12.4 Å². The Morgan fingerprint density at radius 3 is 2.38 bits per heavy atom. The van der Waals surface area contributed by atoms with E-state index in [1.54, 1.807) is 24.3 Å². The van der Waals surface area contributed by atoms with Gasteiger partial charge in [0.15, 0.2) is 0 Å². The SMILES string of the molecule is Cc1ccc(OCc2ccc(N3NC(=O)/C(=C\[O-])C3=O)cc2)c(C)c1.[Na+]. The van der Waals surface area contributed by atoms with Gasteiger partial charge in [-0.05, 0) is 43.2 Å². The van der Waals surface area contributed by atoms with Crippen molar-refractivity contribution in [2.24, 2.45) is 0 Å². The number of carbonyl (C=O) groups is 2. The van der Waals surface area contributed by atoms with E-state index in [0.717, 1.165) is 21.9 Å². The summed E-state index contributed by atoms with van der Waals surface area (Å²) in [5, 5.41) is 11.8. The molecule has 2 aromatic rings. The Hall–Kier alpha value is -2.28. The molecule has 0 atom stereocenters. The molecule has 1 fully saturated rings. The Morgan fingerprint density at radius 1 is 1.12 bits per heavy atom. The maximum Gasteiger partial charge on any atom is 1.00 e. The number of hydrazine groups is 1. The topological polar surface area (TPSA) is 81.7 Å². The quantitative estimate of drug-likeness (QED) is 0.312. The fourth-order valence-electron chi connectivity index (χ4n) is 2.58. The zero-order valence-electron chi connectivity index (χ0n) is 14.9. The van der Waals surface area contributed by atoms with Crippen LogP contribution >= 0.6 is 0 Å². The van der Waals surface area contributed by atoms with E-state index in [-0.39, 0.29) is 35.8 Å².